The molecule has 7 aromatic carbocycles. The van der Waals surface area contributed by atoms with Crippen molar-refractivity contribution in [1.29, 1.82) is 0 Å². The molecule has 0 heterocycles. The average Bonchev–Trinajstić information content (AvgIpc) is 3.01. The molecule has 0 aliphatic carbocycles. The zero-order chi connectivity index (χ0) is 27.2. The second kappa shape index (κ2) is 10.4. The Kier molecular flexibility index (Phi) is 6.56. The van der Waals surface area contributed by atoms with Gasteiger partial charge in [0.1, 0.15) is 0 Å². The Morgan fingerprint density at radius 3 is 1.82 bits per heavy atom. The molecule has 7 aromatic rings. The summed E-state index contributed by atoms with van der Waals surface area (Å²) < 4.78 is 1.17. The van der Waals surface area contributed by atoms with Crippen LogP contribution in [0.5, 0.6) is 0 Å². The van der Waals surface area contributed by atoms with Crippen molar-refractivity contribution in [3.8, 4) is 11.1 Å². The van der Waals surface area contributed by atoms with E-state index in [0.29, 0.717) is 5.92 Å². The summed E-state index contributed by atoms with van der Waals surface area (Å²) in [6.07, 6.45) is 4.91. The summed E-state index contributed by atoms with van der Waals surface area (Å²) in [4.78, 5) is 0. The van der Waals surface area contributed by atoms with E-state index in [4.69, 9.17) is 0 Å². The Bertz CT molecular complexity index is 1990. The third-order valence-electron chi connectivity index (χ3n) is 8.89. The molecule has 196 valence electrons. The normalized spacial score (nSPS) is 12.7. The molecule has 40 heavy (non-hydrogen) atoms. The third kappa shape index (κ3) is 3.94. The summed E-state index contributed by atoms with van der Waals surface area (Å²) in [6.45, 7) is 4.66. The highest BCUT2D eigenvalue weighted by atomic mass is 79.9. The molecule has 0 N–H and O–H groups in total. The first-order valence-corrected chi connectivity index (χ1v) is 15.5. The van der Waals surface area contributed by atoms with E-state index >= 15 is 0 Å². The van der Waals surface area contributed by atoms with Gasteiger partial charge in [-0.15, -0.1) is 0 Å². The lowest BCUT2D eigenvalue weighted by Crippen LogP contribution is -2.01. The number of hydrogen-bond acceptors (Lipinski definition) is 0. The van der Waals surface area contributed by atoms with Crippen LogP contribution >= 0.6 is 15.9 Å². The molecule has 1 heteroatoms. The van der Waals surface area contributed by atoms with E-state index < -0.39 is 0 Å². The molecule has 0 fully saturated rings. The molecule has 0 aliphatic heterocycles. The van der Waals surface area contributed by atoms with Crippen molar-refractivity contribution in [2.45, 2.75) is 45.4 Å². The molecule has 0 bridgehead atoms. The van der Waals surface area contributed by atoms with Crippen LogP contribution in [-0.2, 0) is 0 Å². The molecule has 0 saturated carbocycles. The van der Waals surface area contributed by atoms with Crippen LogP contribution in [0, 0.1) is 0 Å². The Morgan fingerprint density at radius 2 is 1.15 bits per heavy atom. The van der Waals surface area contributed by atoms with Crippen LogP contribution in [-0.4, -0.2) is 0 Å². The van der Waals surface area contributed by atoms with Gasteiger partial charge >= 0.3 is 0 Å². The van der Waals surface area contributed by atoms with Crippen LogP contribution in [0.15, 0.2) is 114 Å². The number of fused-ring (bicyclic) bond motifs is 6. The van der Waals surface area contributed by atoms with Gasteiger partial charge in [-0.3, -0.25) is 0 Å². The molecule has 0 aliphatic rings. The van der Waals surface area contributed by atoms with E-state index in [9.17, 15) is 0 Å². The van der Waals surface area contributed by atoms with Gasteiger partial charge in [0.2, 0.25) is 0 Å². The first-order chi connectivity index (χ1) is 19.7. The minimum Gasteiger partial charge on any atom is -0.0654 e. The summed E-state index contributed by atoms with van der Waals surface area (Å²) in [7, 11) is 0. The predicted octanol–water partition coefficient (Wildman–Crippen LogP) is 12.6. The third-order valence-corrected chi connectivity index (χ3v) is 9.74. The maximum absolute atomic E-state index is 3.94. The zero-order valence-electron chi connectivity index (χ0n) is 23.2. The first kappa shape index (κ1) is 25.3. The first-order valence-electron chi connectivity index (χ1n) is 14.7. The lowest BCUT2D eigenvalue weighted by molar-refractivity contribution is 0.576. The maximum Gasteiger partial charge on any atom is 0.0332 e. The SMILES string of the molecule is CCCCC(CC)c1c2ccccc2cc2c1ccc1c(-c3c4ccccc4c(Br)c4ccccc34)cccc12. The van der Waals surface area contributed by atoms with Gasteiger partial charge in [0.05, 0.1) is 0 Å². The van der Waals surface area contributed by atoms with Crippen molar-refractivity contribution in [2.75, 3.05) is 0 Å². The largest absolute Gasteiger partial charge is 0.0654 e. The van der Waals surface area contributed by atoms with Gasteiger partial charge in [0.15, 0.2) is 0 Å². The number of unbranched alkanes of at least 4 members (excludes halogenated alkanes) is 1. The standard InChI is InChI=1S/C39H33Br/c1-3-5-13-25(4-2)37-27-15-7-6-14-26(27)24-36-28-20-12-21-30(29(28)22-23-33(36)37)38-31-16-8-10-18-34(31)39(40)35-19-11-9-17-32(35)38/h6-12,14-25H,3-5,13H2,1-2H3. The monoisotopic (exact) mass is 580 g/mol. The molecule has 0 aromatic heterocycles. The Morgan fingerprint density at radius 1 is 0.550 bits per heavy atom. The van der Waals surface area contributed by atoms with Gasteiger partial charge < -0.3 is 0 Å². The van der Waals surface area contributed by atoms with E-state index in [1.54, 1.807) is 0 Å². The Labute approximate surface area is 244 Å². The zero-order valence-corrected chi connectivity index (χ0v) is 24.8. The van der Waals surface area contributed by atoms with E-state index in [1.165, 1.54) is 94.3 Å². The van der Waals surface area contributed by atoms with Crippen LogP contribution in [0.3, 0.4) is 0 Å². The minimum atomic E-state index is 0.563. The summed E-state index contributed by atoms with van der Waals surface area (Å²) in [6, 6.07) is 40.8. The quantitative estimate of drug-likeness (QED) is 0.135. The Hall–Kier alpha value is -3.68. The molecule has 1 atom stereocenters. The number of halogens is 1. The van der Waals surface area contributed by atoms with Gasteiger partial charge in [-0.2, -0.15) is 0 Å². The average molecular weight is 582 g/mol. The van der Waals surface area contributed by atoms with Crippen molar-refractivity contribution < 1.29 is 0 Å². The van der Waals surface area contributed by atoms with E-state index in [-0.39, 0.29) is 0 Å². The lowest BCUT2D eigenvalue weighted by Gasteiger charge is -2.22. The van der Waals surface area contributed by atoms with Gasteiger partial charge in [-0.25, -0.2) is 0 Å². The molecule has 0 spiro atoms. The van der Waals surface area contributed by atoms with Crippen LogP contribution in [0.4, 0.5) is 0 Å². The lowest BCUT2D eigenvalue weighted by atomic mass is 9.82. The second-order valence-corrected chi connectivity index (χ2v) is 11.9. The van der Waals surface area contributed by atoms with Crippen LogP contribution < -0.4 is 0 Å². The van der Waals surface area contributed by atoms with Gasteiger partial charge in [0.25, 0.3) is 0 Å². The summed E-state index contributed by atoms with van der Waals surface area (Å²) in [5.74, 6) is 0.563. The van der Waals surface area contributed by atoms with Crippen LogP contribution in [0.2, 0.25) is 0 Å². The van der Waals surface area contributed by atoms with Crippen molar-refractivity contribution in [3.05, 3.63) is 119 Å². The second-order valence-electron chi connectivity index (χ2n) is 11.1. The highest BCUT2D eigenvalue weighted by molar-refractivity contribution is 9.10. The topological polar surface area (TPSA) is 0 Å². The van der Waals surface area contributed by atoms with E-state index in [2.05, 4.69) is 139 Å². The predicted molar refractivity (Wildman–Crippen MR) is 180 cm³/mol. The maximum atomic E-state index is 3.94. The molecule has 0 saturated heterocycles. The highest BCUT2D eigenvalue weighted by Crippen LogP contribution is 2.46. The smallest absolute Gasteiger partial charge is 0.0332 e. The molecular weight excluding hydrogens is 548 g/mol. The highest BCUT2D eigenvalue weighted by Gasteiger charge is 2.20. The van der Waals surface area contributed by atoms with Gasteiger partial charge in [0, 0.05) is 4.47 Å². The molecule has 0 nitrogen and oxygen atoms in total. The van der Waals surface area contributed by atoms with Gasteiger partial charge in [-0.1, -0.05) is 130 Å². The molecule has 0 radical (unpaired) electrons. The van der Waals surface area contributed by atoms with E-state index in [1.807, 2.05) is 0 Å². The number of benzene rings is 7. The van der Waals surface area contributed by atoms with Crippen LogP contribution in [0.1, 0.15) is 51.0 Å². The summed E-state index contributed by atoms with van der Waals surface area (Å²) in [5.41, 5.74) is 4.15. The summed E-state index contributed by atoms with van der Waals surface area (Å²) >= 11 is 3.94. The number of hydrogen-bond donors (Lipinski definition) is 0. The van der Waals surface area contributed by atoms with Crippen molar-refractivity contribution >= 4 is 69.8 Å². The van der Waals surface area contributed by atoms with Crippen LogP contribution in [0.25, 0.3) is 65.0 Å². The fourth-order valence-electron chi connectivity index (χ4n) is 6.97. The van der Waals surface area contributed by atoms with Crippen molar-refractivity contribution in [1.82, 2.24) is 0 Å². The molecule has 7 rings (SSSR count). The summed E-state index contributed by atoms with van der Waals surface area (Å²) in [5, 5.41) is 13.3. The minimum absolute atomic E-state index is 0.563. The van der Waals surface area contributed by atoms with Crippen molar-refractivity contribution in [3.63, 3.8) is 0 Å². The fraction of sp³-hybridized carbons (Fsp3) is 0.179. The Balaban J connectivity index is 1.60. The van der Waals surface area contributed by atoms with Gasteiger partial charge in [-0.05, 0) is 111 Å². The van der Waals surface area contributed by atoms with E-state index in [0.717, 1.165) is 6.42 Å². The fourth-order valence-corrected chi connectivity index (χ4v) is 7.66. The molecule has 0 amide bonds. The molecular formula is C39H33Br. The molecule has 1 unspecified atom stereocenters. The van der Waals surface area contributed by atoms with Crippen molar-refractivity contribution in [2.24, 2.45) is 0 Å². The number of rotatable bonds is 6.